The van der Waals surface area contributed by atoms with Crippen molar-refractivity contribution in [1.29, 1.82) is 0 Å². The lowest BCUT2D eigenvalue weighted by molar-refractivity contribution is -0.141. The van der Waals surface area contributed by atoms with E-state index in [4.69, 9.17) is 14.2 Å². The highest BCUT2D eigenvalue weighted by atomic mass is 79.9. The molecule has 0 spiro atoms. The third kappa shape index (κ3) is 5.23. The van der Waals surface area contributed by atoms with Crippen LogP contribution < -0.4 is 0 Å². The van der Waals surface area contributed by atoms with Crippen LogP contribution in [0.4, 0.5) is 0 Å². The second-order valence-electron chi connectivity index (χ2n) is 5.17. The summed E-state index contributed by atoms with van der Waals surface area (Å²) in [7, 11) is 1.30. The number of carbonyl (C=O) groups excluding carboxylic acids is 2. The van der Waals surface area contributed by atoms with Gasteiger partial charge in [0.15, 0.2) is 5.79 Å². The summed E-state index contributed by atoms with van der Waals surface area (Å²) >= 11 is 3.17. The highest BCUT2D eigenvalue weighted by molar-refractivity contribution is 9.12. The van der Waals surface area contributed by atoms with E-state index in [0.717, 1.165) is 0 Å². The zero-order chi connectivity index (χ0) is 16.9. The number of ether oxygens (including phenoxy) is 4. The van der Waals surface area contributed by atoms with Crippen LogP contribution in [0.25, 0.3) is 0 Å². The fourth-order valence-corrected chi connectivity index (χ4v) is 2.38. The highest BCUT2D eigenvalue weighted by Crippen LogP contribution is 2.33. The van der Waals surface area contributed by atoms with Gasteiger partial charge in [0.2, 0.25) is 0 Å². The SMILES string of the molecule is CCOC(=O)/C(Br)=C/[C@@H]1OC(C)(C)O[C@H]1/C(C)=C/C(=O)OC. The van der Waals surface area contributed by atoms with Gasteiger partial charge in [-0.25, -0.2) is 9.59 Å². The summed E-state index contributed by atoms with van der Waals surface area (Å²) in [4.78, 5) is 23.0. The minimum Gasteiger partial charge on any atom is -0.466 e. The molecule has 1 rings (SSSR count). The van der Waals surface area contributed by atoms with Crippen LogP contribution in [0.15, 0.2) is 22.2 Å². The maximum atomic E-state index is 11.7. The molecule has 0 saturated carbocycles. The van der Waals surface area contributed by atoms with Gasteiger partial charge in [-0.05, 0) is 55.3 Å². The van der Waals surface area contributed by atoms with E-state index in [-0.39, 0.29) is 11.1 Å². The molecule has 1 heterocycles. The van der Waals surface area contributed by atoms with E-state index in [9.17, 15) is 9.59 Å². The van der Waals surface area contributed by atoms with Crippen molar-refractivity contribution < 1.29 is 28.5 Å². The second-order valence-corrected chi connectivity index (χ2v) is 6.02. The monoisotopic (exact) mass is 376 g/mol. The van der Waals surface area contributed by atoms with Crippen molar-refractivity contribution in [1.82, 2.24) is 0 Å². The van der Waals surface area contributed by atoms with Gasteiger partial charge < -0.3 is 18.9 Å². The van der Waals surface area contributed by atoms with Gasteiger partial charge in [0.25, 0.3) is 0 Å². The van der Waals surface area contributed by atoms with Crippen molar-refractivity contribution in [3.63, 3.8) is 0 Å². The van der Waals surface area contributed by atoms with Crippen molar-refractivity contribution in [3.05, 3.63) is 22.2 Å². The van der Waals surface area contributed by atoms with Crippen molar-refractivity contribution in [2.75, 3.05) is 13.7 Å². The molecule has 0 amide bonds. The standard InChI is InChI=1S/C15H21BrO6/c1-6-20-14(18)10(16)8-11-13(22-15(3,4)21-11)9(2)7-12(17)19-5/h7-8,11,13H,6H2,1-5H3/b9-7+,10-8-/t11-,13-/m0/s1. The van der Waals surface area contributed by atoms with E-state index in [0.29, 0.717) is 5.57 Å². The lowest BCUT2D eigenvalue weighted by Gasteiger charge is -2.17. The molecular formula is C15H21BrO6. The van der Waals surface area contributed by atoms with Crippen molar-refractivity contribution in [3.8, 4) is 0 Å². The molecule has 1 saturated heterocycles. The topological polar surface area (TPSA) is 71.1 Å². The first kappa shape index (κ1) is 18.9. The van der Waals surface area contributed by atoms with Gasteiger partial charge in [-0.2, -0.15) is 0 Å². The molecule has 0 aromatic rings. The number of halogens is 1. The van der Waals surface area contributed by atoms with Crippen molar-refractivity contribution >= 4 is 27.9 Å². The average Bonchev–Trinajstić information content (AvgIpc) is 2.73. The smallest absolute Gasteiger partial charge is 0.344 e. The number of methoxy groups -OCH3 is 1. The molecule has 0 aliphatic carbocycles. The Bertz CT molecular complexity index is 494. The van der Waals surface area contributed by atoms with Gasteiger partial charge in [0.1, 0.15) is 16.7 Å². The van der Waals surface area contributed by atoms with E-state index in [1.165, 1.54) is 13.2 Å². The molecule has 22 heavy (non-hydrogen) atoms. The molecule has 2 atom stereocenters. The van der Waals surface area contributed by atoms with Crippen LogP contribution in [-0.2, 0) is 28.5 Å². The molecule has 124 valence electrons. The van der Waals surface area contributed by atoms with E-state index >= 15 is 0 Å². The Balaban J connectivity index is 2.99. The number of hydrogen-bond acceptors (Lipinski definition) is 6. The molecule has 1 aliphatic rings. The van der Waals surface area contributed by atoms with Gasteiger partial charge in [-0.3, -0.25) is 0 Å². The van der Waals surface area contributed by atoms with Crippen LogP contribution in [0, 0.1) is 0 Å². The number of carbonyl (C=O) groups is 2. The zero-order valence-corrected chi connectivity index (χ0v) is 14.9. The Morgan fingerprint density at radius 1 is 1.32 bits per heavy atom. The molecule has 0 bridgehead atoms. The number of hydrogen-bond donors (Lipinski definition) is 0. The predicted octanol–water partition coefficient (Wildman–Crippen LogP) is 2.47. The summed E-state index contributed by atoms with van der Waals surface area (Å²) in [5, 5.41) is 0. The Kier molecular flexibility index (Phi) is 6.77. The Hall–Kier alpha value is -1.18. The normalized spacial score (nSPS) is 25.0. The van der Waals surface area contributed by atoms with Crippen LogP contribution in [0.1, 0.15) is 27.7 Å². The molecular weight excluding hydrogens is 356 g/mol. The molecule has 0 aromatic heterocycles. The quantitative estimate of drug-likeness (QED) is 0.542. The Morgan fingerprint density at radius 3 is 2.50 bits per heavy atom. The summed E-state index contributed by atoms with van der Waals surface area (Å²) in [5.74, 6) is -1.79. The van der Waals surface area contributed by atoms with Crippen LogP contribution in [0.2, 0.25) is 0 Å². The number of esters is 2. The molecule has 0 N–H and O–H groups in total. The second kappa shape index (κ2) is 7.89. The highest BCUT2D eigenvalue weighted by Gasteiger charge is 2.41. The Labute approximate surface area is 138 Å². The zero-order valence-electron chi connectivity index (χ0n) is 13.3. The molecule has 7 heteroatoms. The Morgan fingerprint density at radius 2 is 1.95 bits per heavy atom. The van der Waals surface area contributed by atoms with Crippen LogP contribution >= 0.6 is 15.9 Å². The first-order chi connectivity index (χ1) is 10.2. The maximum Gasteiger partial charge on any atom is 0.344 e. The fraction of sp³-hybridized carbons (Fsp3) is 0.600. The fourth-order valence-electron chi connectivity index (χ4n) is 2.00. The third-order valence-electron chi connectivity index (χ3n) is 2.91. The summed E-state index contributed by atoms with van der Waals surface area (Å²) in [5.41, 5.74) is 0.642. The largest absolute Gasteiger partial charge is 0.466 e. The van der Waals surface area contributed by atoms with Crippen LogP contribution in [-0.4, -0.2) is 43.7 Å². The molecule has 0 unspecified atom stereocenters. The number of rotatable bonds is 5. The minimum atomic E-state index is -0.834. The molecule has 1 fully saturated rings. The summed E-state index contributed by atoms with van der Waals surface area (Å²) in [6.07, 6.45) is 1.88. The van der Waals surface area contributed by atoms with Crippen LogP contribution in [0.3, 0.4) is 0 Å². The van der Waals surface area contributed by atoms with Crippen LogP contribution in [0.5, 0.6) is 0 Å². The predicted molar refractivity (Wildman–Crippen MR) is 83.2 cm³/mol. The lowest BCUT2D eigenvalue weighted by atomic mass is 10.1. The average molecular weight is 377 g/mol. The van der Waals surface area contributed by atoms with E-state index < -0.39 is 29.9 Å². The summed E-state index contributed by atoms with van der Waals surface area (Å²) < 4.78 is 21.3. The summed E-state index contributed by atoms with van der Waals surface area (Å²) in [6.45, 7) is 7.27. The molecule has 1 aliphatic heterocycles. The molecule has 6 nitrogen and oxygen atoms in total. The third-order valence-corrected chi connectivity index (χ3v) is 3.49. The van der Waals surface area contributed by atoms with Gasteiger partial charge in [-0.15, -0.1) is 0 Å². The lowest BCUT2D eigenvalue weighted by Crippen LogP contribution is -2.23. The van der Waals surface area contributed by atoms with Gasteiger partial charge >= 0.3 is 11.9 Å². The van der Waals surface area contributed by atoms with Crippen molar-refractivity contribution in [2.24, 2.45) is 0 Å². The van der Waals surface area contributed by atoms with Gasteiger partial charge in [0.05, 0.1) is 13.7 Å². The van der Waals surface area contributed by atoms with E-state index in [1.54, 1.807) is 33.8 Å². The molecule has 0 aromatic carbocycles. The maximum absolute atomic E-state index is 11.7. The van der Waals surface area contributed by atoms with Crippen molar-refractivity contribution in [2.45, 2.75) is 45.7 Å². The van der Waals surface area contributed by atoms with Gasteiger partial charge in [0, 0.05) is 6.08 Å². The van der Waals surface area contributed by atoms with E-state index in [2.05, 4.69) is 20.7 Å². The van der Waals surface area contributed by atoms with E-state index in [1.807, 2.05) is 0 Å². The first-order valence-electron chi connectivity index (χ1n) is 6.86. The first-order valence-corrected chi connectivity index (χ1v) is 7.65. The molecule has 0 radical (unpaired) electrons. The minimum absolute atomic E-state index is 0.247. The van der Waals surface area contributed by atoms with Gasteiger partial charge in [-0.1, -0.05) is 0 Å². The summed E-state index contributed by atoms with van der Waals surface area (Å²) in [6, 6.07) is 0.